The molecule has 0 amide bonds. The van der Waals surface area contributed by atoms with Crippen LogP contribution in [-0.2, 0) is 5.41 Å². The highest BCUT2D eigenvalue weighted by Gasteiger charge is 2.38. The first-order valence-corrected chi connectivity index (χ1v) is 17.8. The van der Waals surface area contributed by atoms with Crippen LogP contribution in [0, 0.1) is 11.3 Å². The topological polar surface area (TPSA) is 41.6 Å². The molecule has 0 unspecified atom stereocenters. The number of hydrogen-bond donors (Lipinski definition) is 0. The molecular formula is C49H33N3. The summed E-state index contributed by atoms with van der Waals surface area (Å²) >= 11 is 0. The Bertz CT molecular complexity index is 2920. The lowest BCUT2D eigenvalue weighted by molar-refractivity contribution is 0.664. The van der Waals surface area contributed by atoms with Crippen LogP contribution in [0.5, 0.6) is 0 Å². The summed E-state index contributed by atoms with van der Waals surface area (Å²) in [5.41, 5.74) is 16.6. The molecule has 3 nitrogen and oxygen atoms in total. The van der Waals surface area contributed by atoms with Crippen LogP contribution in [0.3, 0.4) is 0 Å². The summed E-state index contributed by atoms with van der Waals surface area (Å²) in [6.07, 6.45) is 0. The van der Waals surface area contributed by atoms with Gasteiger partial charge < -0.3 is 4.57 Å². The first-order chi connectivity index (χ1) is 25.5. The van der Waals surface area contributed by atoms with Crippen LogP contribution in [0.1, 0.15) is 30.5 Å². The van der Waals surface area contributed by atoms with Crippen LogP contribution in [0.4, 0.5) is 0 Å². The maximum absolute atomic E-state index is 9.61. The maximum atomic E-state index is 9.61. The highest BCUT2D eigenvalue weighted by molar-refractivity contribution is 6.13. The van der Waals surface area contributed by atoms with Gasteiger partial charge in [-0.3, -0.25) is 0 Å². The number of para-hydroxylation sites is 2. The number of nitriles is 1. The van der Waals surface area contributed by atoms with E-state index in [1.165, 1.54) is 44.1 Å². The maximum Gasteiger partial charge on any atom is 0.0991 e. The molecule has 244 valence electrons. The van der Waals surface area contributed by atoms with Crippen LogP contribution in [0.15, 0.2) is 164 Å². The predicted octanol–water partition coefficient (Wildman–Crippen LogP) is 12.5. The van der Waals surface area contributed by atoms with Crippen LogP contribution in [0.2, 0.25) is 0 Å². The first kappa shape index (κ1) is 30.1. The third-order valence-corrected chi connectivity index (χ3v) is 11.0. The van der Waals surface area contributed by atoms with Crippen molar-refractivity contribution in [3.8, 4) is 56.4 Å². The molecule has 52 heavy (non-hydrogen) atoms. The molecule has 7 aromatic carbocycles. The molecule has 1 aliphatic carbocycles. The van der Waals surface area contributed by atoms with Gasteiger partial charge in [-0.05, 0) is 93.0 Å². The van der Waals surface area contributed by atoms with Gasteiger partial charge in [0.05, 0.1) is 33.9 Å². The Morgan fingerprint density at radius 3 is 2.08 bits per heavy atom. The Hall–Kier alpha value is -6.76. The number of aromatic nitrogens is 2. The van der Waals surface area contributed by atoms with Gasteiger partial charge in [0.15, 0.2) is 0 Å². The fourth-order valence-electron chi connectivity index (χ4n) is 8.55. The van der Waals surface area contributed by atoms with Crippen molar-refractivity contribution < 1.29 is 0 Å². The summed E-state index contributed by atoms with van der Waals surface area (Å²) in [6, 6.07) is 60.6. The number of hydrogen-bond acceptors (Lipinski definition) is 2. The average Bonchev–Trinajstić information content (AvgIpc) is 3.66. The lowest BCUT2D eigenvalue weighted by atomic mass is 9.81. The Morgan fingerprint density at radius 2 is 1.25 bits per heavy atom. The highest BCUT2D eigenvalue weighted by Crippen LogP contribution is 2.53. The zero-order valence-corrected chi connectivity index (χ0v) is 28.9. The minimum atomic E-state index is -0.197. The second-order valence-corrected chi connectivity index (χ2v) is 14.3. The van der Waals surface area contributed by atoms with E-state index < -0.39 is 0 Å². The molecule has 3 heteroatoms. The molecule has 0 atom stereocenters. The highest BCUT2D eigenvalue weighted by atomic mass is 15.0. The molecule has 10 rings (SSSR count). The van der Waals surface area contributed by atoms with E-state index in [9.17, 15) is 5.26 Å². The Morgan fingerprint density at radius 1 is 0.538 bits per heavy atom. The summed E-state index contributed by atoms with van der Waals surface area (Å²) in [6.45, 7) is 4.73. The molecule has 0 bridgehead atoms. The third kappa shape index (κ3) is 4.48. The second kappa shape index (κ2) is 11.4. The van der Waals surface area contributed by atoms with Crippen molar-refractivity contribution in [3.63, 3.8) is 0 Å². The number of pyridine rings is 1. The molecule has 0 fully saturated rings. The molecule has 1 aliphatic rings. The quantitative estimate of drug-likeness (QED) is 0.188. The molecule has 2 aromatic heterocycles. The molecule has 2 heterocycles. The lowest BCUT2D eigenvalue weighted by Gasteiger charge is -2.24. The van der Waals surface area contributed by atoms with E-state index in [1.807, 2.05) is 18.2 Å². The molecule has 9 aromatic rings. The number of nitrogens with zero attached hydrogens (tertiary/aromatic N) is 3. The molecule has 0 spiro atoms. The first-order valence-electron chi connectivity index (χ1n) is 17.8. The van der Waals surface area contributed by atoms with Crippen LogP contribution >= 0.6 is 0 Å². The SMILES string of the molecule is CC1(C)c2ccccc2-c2ccc3c4ccccc4n(-c4cc(-c5ccc(C#N)cc5)cc(-c5cc(-c6ccccc6)nc6ccccc56)c4)c3c21. The van der Waals surface area contributed by atoms with Crippen molar-refractivity contribution in [1.82, 2.24) is 9.55 Å². The molecular weight excluding hydrogens is 631 g/mol. The van der Waals surface area contributed by atoms with Gasteiger partial charge in [0.1, 0.15) is 0 Å². The molecule has 0 radical (unpaired) electrons. The molecule has 0 saturated heterocycles. The predicted molar refractivity (Wildman–Crippen MR) is 215 cm³/mol. The van der Waals surface area contributed by atoms with Gasteiger partial charge in [-0.15, -0.1) is 0 Å². The summed E-state index contributed by atoms with van der Waals surface area (Å²) in [5, 5.41) is 13.2. The minimum Gasteiger partial charge on any atom is -0.309 e. The normalized spacial score (nSPS) is 12.9. The van der Waals surface area contributed by atoms with Gasteiger partial charge in [0.2, 0.25) is 0 Å². The smallest absolute Gasteiger partial charge is 0.0991 e. The van der Waals surface area contributed by atoms with Crippen molar-refractivity contribution in [2.45, 2.75) is 19.3 Å². The van der Waals surface area contributed by atoms with E-state index in [2.05, 4.69) is 170 Å². The third-order valence-electron chi connectivity index (χ3n) is 11.0. The van der Waals surface area contributed by atoms with E-state index in [0.29, 0.717) is 5.56 Å². The number of fused-ring (bicyclic) bond motifs is 8. The van der Waals surface area contributed by atoms with Crippen LogP contribution in [-0.4, -0.2) is 9.55 Å². The van der Waals surface area contributed by atoms with E-state index in [4.69, 9.17) is 4.98 Å². The molecule has 0 aliphatic heterocycles. The van der Waals surface area contributed by atoms with Crippen LogP contribution in [0.25, 0.3) is 83.0 Å². The van der Waals surface area contributed by atoms with Gasteiger partial charge in [-0.25, -0.2) is 4.98 Å². The Labute approximate surface area is 302 Å². The van der Waals surface area contributed by atoms with E-state index in [0.717, 1.165) is 50.1 Å². The lowest BCUT2D eigenvalue weighted by Crippen LogP contribution is -2.16. The Kier molecular flexibility index (Phi) is 6.59. The molecule has 0 N–H and O–H groups in total. The fourth-order valence-corrected chi connectivity index (χ4v) is 8.55. The van der Waals surface area contributed by atoms with Crippen molar-refractivity contribution in [1.29, 1.82) is 5.26 Å². The van der Waals surface area contributed by atoms with Gasteiger partial charge in [0.25, 0.3) is 0 Å². The van der Waals surface area contributed by atoms with E-state index in [-0.39, 0.29) is 5.41 Å². The molecule has 0 saturated carbocycles. The van der Waals surface area contributed by atoms with Crippen molar-refractivity contribution >= 4 is 32.7 Å². The zero-order valence-electron chi connectivity index (χ0n) is 28.9. The minimum absolute atomic E-state index is 0.197. The van der Waals surface area contributed by atoms with Gasteiger partial charge in [-0.2, -0.15) is 5.26 Å². The van der Waals surface area contributed by atoms with E-state index in [1.54, 1.807) is 0 Å². The summed E-state index contributed by atoms with van der Waals surface area (Å²) in [5.74, 6) is 0. The Balaban J connectivity index is 1.32. The van der Waals surface area contributed by atoms with Crippen molar-refractivity contribution in [3.05, 3.63) is 180 Å². The summed E-state index contributed by atoms with van der Waals surface area (Å²) in [4.78, 5) is 5.12. The monoisotopic (exact) mass is 663 g/mol. The largest absolute Gasteiger partial charge is 0.309 e. The second-order valence-electron chi connectivity index (χ2n) is 14.3. The van der Waals surface area contributed by atoms with E-state index >= 15 is 0 Å². The van der Waals surface area contributed by atoms with Crippen LogP contribution < -0.4 is 0 Å². The van der Waals surface area contributed by atoms with Crippen molar-refractivity contribution in [2.75, 3.05) is 0 Å². The average molecular weight is 664 g/mol. The summed E-state index contributed by atoms with van der Waals surface area (Å²) < 4.78 is 2.50. The van der Waals surface area contributed by atoms with Gasteiger partial charge >= 0.3 is 0 Å². The van der Waals surface area contributed by atoms with Crippen molar-refractivity contribution in [2.24, 2.45) is 0 Å². The number of rotatable bonds is 4. The fraction of sp³-hybridized carbons (Fsp3) is 0.0612. The zero-order chi connectivity index (χ0) is 35.0. The van der Waals surface area contributed by atoms with Gasteiger partial charge in [-0.1, -0.05) is 129 Å². The number of benzene rings is 7. The summed E-state index contributed by atoms with van der Waals surface area (Å²) in [7, 11) is 0. The standard InChI is InChI=1S/C49H33N3/c1-49(2)43-17-9-6-14-37(43)40-24-25-41-39-16-8-11-19-46(39)52(48(41)47(40)49)36-27-34(32-22-20-31(30-50)21-23-32)26-35(28-36)42-29-45(33-12-4-3-5-13-33)51-44-18-10-7-15-38(42)44/h3-29H,1-2H3. The van der Waals surface area contributed by atoms with Gasteiger partial charge in [0, 0.05) is 32.8 Å².